The molecular weight excluding hydrogens is 236 g/mol. The van der Waals surface area contributed by atoms with E-state index in [0.29, 0.717) is 12.0 Å². The van der Waals surface area contributed by atoms with Crippen LogP contribution in [0.4, 0.5) is 0 Å². The molecule has 0 fully saturated rings. The van der Waals surface area contributed by atoms with Gasteiger partial charge < -0.3 is 0 Å². The minimum absolute atomic E-state index is 0.0109. The van der Waals surface area contributed by atoms with Gasteiger partial charge in [-0.2, -0.15) is 0 Å². The molecular formula is C13H18O3S. The number of rotatable bonds is 5. The number of Topliss-reactive ketones (excluding diaryl/α,β-unsaturated/α-hetero) is 1. The summed E-state index contributed by atoms with van der Waals surface area (Å²) in [6.45, 7) is 3.95. The van der Waals surface area contributed by atoms with E-state index in [1.165, 1.54) is 6.26 Å². The molecule has 0 unspecified atom stereocenters. The van der Waals surface area contributed by atoms with Crippen LogP contribution in [0.15, 0.2) is 18.2 Å². The first-order valence-corrected chi connectivity index (χ1v) is 7.64. The van der Waals surface area contributed by atoms with Gasteiger partial charge in [-0.15, -0.1) is 0 Å². The largest absolute Gasteiger partial charge is 0.294 e. The predicted molar refractivity (Wildman–Crippen MR) is 69.2 cm³/mol. The van der Waals surface area contributed by atoms with Crippen molar-refractivity contribution in [3.8, 4) is 0 Å². The molecule has 0 aromatic heterocycles. The van der Waals surface area contributed by atoms with Crippen molar-refractivity contribution in [2.45, 2.75) is 26.7 Å². The molecule has 0 heterocycles. The summed E-state index contributed by atoms with van der Waals surface area (Å²) >= 11 is 0. The normalized spacial score (nSPS) is 11.5. The minimum Gasteiger partial charge on any atom is -0.294 e. The number of carbonyl (C=O) groups is 1. The average molecular weight is 254 g/mol. The summed E-state index contributed by atoms with van der Waals surface area (Å²) in [6.07, 6.45) is 1.87. The van der Waals surface area contributed by atoms with Crippen molar-refractivity contribution in [2.24, 2.45) is 0 Å². The third-order valence-corrected chi connectivity index (χ3v) is 3.78. The molecule has 0 saturated carbocycles. The number of hydrogen-bond donors (Lipinski definition) is 0. The van der Waals surface area contributed by atoms with Gasteiger partial charge in [0.05, 0.1) is 5.75 Å². The Labute approximate surface area is 103 Å². The zero-order valence-electron chi connectivity index (χ0n) is 10.5. The second kappa shape index (κ2) is 5.45. The highest BCUT2D eigenvalue weighted by molar-refractivity contribution is 7.90. The maximum atomic E-state index is 11.8. The van der Waals surface area contributed by atoms with Crippen LogP contribution >= 0.6 is 0 Å². The van der Waals surface area contributed by atoms with Crippen molar-refractivity contribution in [3.63, 3.8) is 0 Å². The lowest BCUT2D eigenvalue weighted by atomic mass is 10.0. The molecule has 0 aliphatic rings. The number of carbonyl (C=O) groups excluding carboxylic acids is 1. The highest BCUT2D eigenvalue weighted by Crippen LogP contribution is 2.12. The van der Waals surface area contributed by atoms with Gasteiger partial charge in [0.1, 0.15) is 9.84 Å². The van der Waals surface area contributed by atoms with Crippen LogP contribution in [0.2, 0.25) is 0 Å². The quantitative estimate of drug-likeness (QED) is 0.758. The molecule has 0 aliphatic carbocycles. The van der Waals surface area contributed by atoms with Gasteiger partial charge >= 0.3 is 0 Å². The molecule has 1 aromatic carbocycles. The average Bonchev–Trinajstić information content (AvgIpc) is 2.20. The van der Waals surface area contributed by atoms with Gasteiger partial charge in [-0.25, -0.2) is 8.42 Å². The predicted octanol–water partition coefficient (Wildman–Crippen LogP) is 2.31. The Kier molecular flexibility index (Phi) is 4.46. The molecule has 0 amide bonds. The van der Waals surface area contributed by atoms with Crippen LogP contribution in [-0.4, -0.2) is 26.2 Å². The molecule has 0 N–H and O–H groups in total. The van der Waals surface area contributed by atoms with Gasteiger partial charge in [0.15, 0.2) is 5.78 Å². The molecule has 0 aliphatic heterocycles. The lowest BCUT2D eigenvalue weighted by Crippen LogP contribution is -2.06. The summed E-state index contributed by atoms with van der Waals surface area (Å²) in [5, 5.41) is 0. The fourth-order valence-corrected chi connectivity index (χ4v) is 2.22. The minimum atomic E-state index is -2.97. The van der Waals surface area contributed by atoms with E-state index >= 15 is 0 Å². The molecule has 1 rings (SSSR count). The SMILES string of the molecule is Cc1ccc(C(=O)CCCS(C)(=O)=O)cc1C. The van der Waals surface area contributed by atoms with E-state index < -0.39 is 9.84 Å². The van der Waals surface area contributed by atoms with Gasteiger partial charge in [-0.1, -0.05) is 12.1 Å². The first kappa shape index (κ1) is 13.9. The van der Waals surface area contributed by atoms with Crippen molar-refractivity contribution in [3.05, 3.63) is 34.9 Å². The highest BCUT2D eigenvalue weighted by atomic mass is 32.2. The Morgan fingerprint density at radius 2 is 1.82 bits per heavy atom. The zero-order valence-corrected chi connectivity index (χ0v) is 11.3. The van der Waals surface area contributed by atoms with Crippen LogP contribution in [0.3, 0.4) is 0 Å². The Morgan fingerprint density at radius 1 is 1.18 bits per heavy atom. The maximum Gasteiger partial charge on any atom is 0.162 e. The molecule has 4 heteroatoms. The van der Waals surface area contributed by atoms with Crippen molar-refractivity contribution in [2.75, 3.05) is 12.0 Å². The van der Waals surface area contributed by atoms with E-state index in [-0.39, 0.29) is 18.0 Å². The first-order chi connectivity index (χ1) is 7.79. The Bertz CT molecular complexity index is 515. The standard InChI is InChI=1S/C13H18O3S/c1-10-6-7-12(9-11(10)2)13(14)5-4-8-17(3,15)16/h6-7,9H,4-5,8H2,1-3H3. The number of ketones is 1. The smallest absolute Gasteiger partial charge is 0.162 e. The maximum absolute atomic E-state index is 11.8. The van der Waals surface area contributed by atoms with E-state index in [2.05, 4.69) is 0 Å². The molecule has 3 nitrogen and oxygen atoms in total. The fraction of sp³-hybridized carbons (Fsp3) is 0.462. The van der Waals surface area contributed by atoms with E-state index in [1.54, 1.807) is 6.07 Å². The lowest BCUT2D eigenvalue weighted by Gasteiger charge is -2.04. The third-order valence-electron chi connectivity index (χ3n) is 2.75. The number of sulfone groups is 1. The highest BCUT2D eigenvalue weighted by Gasteiger charge is 2.09. The van der Waals surface area contributed by atoms with Gasteiger partial charge in [0.2, 0.25) is 0 Å². The lowest BCUT2D eigenvalue weighted by molar-refractivity contribution is 0.0982. The Hall–Kier alpha value is -1.16. The van der Waals surface area contributed by atoms with Crippen LogP contribution in [-0.2, 0) is 9.84 Å². The van der Waals surface area contributed by atoms with Gasteiger partial charge in [-0.3, -0.25) is 4.79 Å². The summed E-state index contributed by atoms with van der Waals surface area (Å²) in [7, 11) is -2.97. The van der Waals surface area contributed by atoms with Crippen molar-refractivity contribution in [1.29, 1.82) is 0 Å². The molecule has 0 atom stereocenters. The number of benzene rings is 1. The first-order valence-electron chi connectivity index (χ1n) is 5.58. The Balaban J connectivity index is 2.61. The zero-order chi connectivity index (χ0) is 13.1. The van der Waals surface area contributed by atoms with Gasteiger partial charge in [0.25, 0.3) is 0 Å². The topological polar surface area (TPSA) is 51.2 Å². The molecule has 0 saturated heterocycles. The second-order valence-corrected chi connectivity index (χ2v) is 6.72. The summed E-state index contributed by atoms with van der Waals surface area (Å²) in [5.74, 6) is 0.0839. The van der Waals surface area contributed by atoms with Crippen LogP contribution in [0, 0.1) is 13.8 Å². The molecule has 0 bridgehead atoms. The van der Waals surface area contributed by atoms with Crippen molar-refractivity contribution < 1.29 is 13.2 Å². The van der Waals surface area contributed by atoms with E-state index in [1.807, 2.05) is 26.0 Å². The Morgan fingerprint density at radius 3 is 2.35 bits per heavy atom. The molecule has 17 heavy (non-hydrogen) atoms. The van der Waals surface area contributed by atoms with E-state index in [9.17, 15) is 13.2 Å². The third kappa shape index (κ3) is 4.69. The summed E-state index contributed by atoms with van der Waals surface area (Å²) in [6, 6.07) is 5.57. The molecule has 0 spiro atoms. The van der Waals surface area contributed by atoms with Crippen LogP contribution < -0.4 is 0 Å². The van der Waals surface area contributed by atoms with Gasteiger partial charge in [-0.05, 0) is 37.5 Å². The monoisotopic (exact) mass is 254 g/mol. The van der Waals surface area contributed by atoms with Crippen LogP contribution in [0.25, 0.3) is 0 Å². The number of hydrogen-bond acceptors (Lipinski definition) is 3. The van der Waals surface area contributed by atoms with Crippen LogP contribution in [0.5, 0.6) is 0 Å². The summed E-state index contributed by atoms with van der Waals surface area (Å²) in [5.41, 5.74) is 2.90. The summed E-state index contributed by atoms with van der Waals surface area (Å²) < 4.78 is 21.9. The van der Waals surface area contributed by atoms with Crippen molar-refractivity contribution >= 4 is 15.6 Å². The molecule has 94 valence electrons. The summed E-state index contributed by atoms with van der Waals surface area (Å²) in [4.78, 5) is 11.8. The van der Waals surface area contributed by atoms with E-state index in [0.717, 1.165) is 11.1 Å². The fourth-order valence-electron chi connectivity index (χ4n) is 1.55. The molecule has 1 aromatic rings. The van der Waals surface area contributed by atoms with Gasteiger partial charge in [0, 0.05) is 18.2 Å². The molecule has 0 radical (unpaired) electrons. The van der Waals surface area contributed by atoms with Crippen LogP contribution in [0.1, 0.15) is 34.3 Å². The second-order valence-electron chi connectivity index (χ2n) is 4.46. The van der Waals surface area contributed by atoms with E-state index in [4.69, 9.17) is 0 Å². The van der Waals surface area contributed by atoms with Crippen molar-refractivity contribution in [1.82, 2.24) is 0 Å². The number of aryl methyl sites for hydroxylation is 2.